The van der Waals surface area contributed by atoms with Gasteiger partial charge in [-0.05, 0) is 50.1 Å². The van der Waals surface area contributed by atoms with Gasteiger partial charge in [0.05, 0.1) is 11.4 Å². The average Bonchev–Trinajstić information content (AvgIpc) is 3.35. The molecule has 1 heterocycles. The zero-order valence-electron chi connectivity index (χ0n) is 18.8. The monoisotopic (exact) mass is 475 g/mol. The number of anilines is 2. The van der Waals surface area contributed by atoms with Gasteiger partial charge in [-0.3, -0.25) is 9.79 Å². The number of nitrogens with one attached hydrogen (secondary N) is 1. The third-order valence-electron chi connectivity index (χ3n) is 5.87. The van der Waals surface area contributed by atoms with Gasteiger partial charge >= 0.3 is 5.97 Å². The molecule has 0 radical (unpaired) electrons. The van der Waals surface area contributed by atoms with Crippen molar-refractivity contribution in [1.29, 1.82) is 0 Å². The lowest BCUT2D eigenvalue weighted by molar-refractivity contribution is -0.138. The van der Waals surface area contributed by atoms with E-state index in [2.05, 4.69) is 15.2 Å². The first-order valence-corrected chi connectivity index (χ1v) is 11.6. The molecule has 2 atom stereocenters. The van der Waals surface area contributed by atoms with Crippen LogP contribution in [0.1, 0.15) is 30.9 Å². The van der Waals surface area contributed by atoms with Gasteiger partial charge in [0, 0.05) is 28.4 Å². The number of aliphatic imine (C=N–C) groups is 1. The normalized spacial score (nSPS) is 16.8. The van der Waals surface area contributed by atoms with Crippen molar-refractivity contribution < 1.29 is 14.7 Å². The molecular weight excluding hydrogens is 450 g/mol. The van der Waals surface area contributed by atoms with Crippen LogP contribution in [0.4, 0.5) is 11.4 Å². The molecular formula is C27H26ClN3O3. The van der Waals surface area contributed by atoms with E-state index in [-0.39, 0.29) is 11.9 Å². The first kappa shape index (κ1) is 23.5. The summed E-state index contributed by atoms with van der Waals surface area (Å²) in [6.45, 7) is 2.33. The number of hydrogen-bond donors (Lipinski definition) is 2. The quantitative estimate of drug-likeness (QED) is 0.457. The first-order chi connectivity index (χ1) is 16.4. The Hall–Kier alpha value is -3.64. The molecule has 7 heteroatoms. The molecule has 0 spiro atoms. The highest BCUT2D eigenvalue weighted by Crippen LogP contribution is 2.29. The van der Waals surface area contributed by atoms with E-state index in [1.165, 1.54) is 6.92 Å². The number of para-hydroxylation sites is 1. The minimum Gasteiger partial charge on any atom is -0.480 e. The van der Waals surface area contributed by atoms with Gasteiger partial charge in [-0.15, -0.1) is 0 Å². The lowest BCUT2D eigenvalue weighted by Gasteiger charge is -2.26. The molecule has 1 aliphatic heterocycles. The molecule has 0 bridgehead atoms. The molecule has 2 N–H and O–H groups in total. The molecule has 3 aromatic rings. The summed E-state index contributed by atoms with van der Waals surface area (Å²) in [5, 5.41) is 13.0. The number of amides is 1. The van der Waals surface area contributed by atoms with Gasteiger partial charge in [0.2, 0.25) is 5.91 Å². The Morgan fingerprint density at radius 1 is 1.06 bits per heavy atom. The average molecular weight is 476 g/mol. The molecule has 4 rings (SSSR count). The lowest BCUT2D eigenvalue weighted by Crippen LogP contribution is -2.40. The molecule has 1 saturated heterocycles. The number of rotatable bonds is 7. The summed E-state index contributed by atoms with van der Waals surface area (Å²) in [6.07, 6.45) is 1.67. The van der Waals surface area contributed by atoms with E-state index >= 15 is 0 Å². The molecule has 1 amide bonds. The van der Waals surface area contributed by atoms with Crippen molar-refractivity contribution in [1.82, 2.24) is 0 Å². The van der Waals surface area contributed by atoms with Crippen LogP contribution in [0.15, 0.2) is 83.9 Å². The standard InChI is InChI=1S/C27H26ClN3O3/c1-18(27(33)34)29-25(19-9-4-2-5-10-19)22-17-20(28)14-15-23(22)30-26(32)24-13-8-16-31(24)21-11-6-3-7-12-21/h2-7,9-12,14-15,17-18,24H,8,13,16H2,1H3,(H,30,32)(H,33,34). The van der Waals surface area contributed by atoms with Crippen LogP contribution < -0.4 is 10.2 Å². The van der Waals surface area contributed by atoms with E-state index in [0.29, 0.717) is 22.0 Å². The van der Waals surface area contributed by atoms with Crippen LogP contribution >= 0.6 is 11.6 Å². The fraction of sp³-hybridized carbons (Fsp3) is 0.222. The molecule has 0 saturated carbocycles. The van der Waals surface area contributed by atoms with Crippen molar-refractivity contribution in [3.63, 3.8) is 0 Å². The van der Waals surface area contributed by atoms with Crippen molar-refractivity contribution in [2.75, 3.05) is 16.8 Å². The van der Waals surface area contributed by atoms with E-state index in [1.807, 2.05) is 60.7 Å². The second-order valence-corrected chi connectivity index (χ2v) is 8.66. The summed E-state index contributed by atoms with van der Waals surface area (Å²) < 4.78 is 0. The molecule has 34 heavy (non-hydrogen) atoms. The molecule has 0 aromatic heterocycles. The van der Waals surface area contributed by atoms with Gasteiger partial charge in [-0.2, -0.15) is 0 Å². The van der Waals surface area contributed by atoms with Gasteiger partial charge < -0.3 is 15.3 Å². The highest BCUT2D eigenvalue weighted by atomic mass is 35.5. The van der Waals surface area contributed by atoms with Crippen molar-refractivity contribution in [2.45, 2.75) is 31.8 Å². The maximum absolute atomic E-state index is 13.4. The van der Waals surface area contributed by atoms with Gasteiger partial charge in [0.1, 0.15) is 12.1 Å². The molecule has 2 unspecified atom stereocenters. The van der Waals surface area contributed by atoms with E-state index in [1.54, 1.807) is 18.2 Å². The zero-order valence-corrected chi connectivity index (χ0v) is 19.6. The Morgan fingerprint density at radius 3 is 2.41 bits per heavy atom. The Balaban J connectivity index is 1.70. The Labute approximate surface area is 203 Å². The van der Waals surface area contributed by atoms with Crippen LogP contribution in [-0.2, 0) is 9.59 Å². The number of carboxylic acids is 1. The van der Waals surface area contributed by atoms with Crippen LogP contribution in [0.25, 0.3) is 0 Å². The largest absolute Gasteiger partial charge is 0.480 e. The Bertz CT molecular complexity index is 1200. The second-order valence-electron chi connectivity index (χ2n) is 8.22. The molecule has 1 aliphatic rings. The number of carbonyl (C=O) groups is 2. The number of carbonyl (C=O) groups excluding carboxylic acids is 1. The van der Waals surface area contributed by atoms with E-state index in [0.717, 1.165) is 30.6 Å². The maximum atomic E-state index is 13.4. The third-order valence-corrected chi connectivity index (χ3v) is 6.10. The highest BCUT2D eigenvalue weighted by molar-refractivity contribution is 6.31. The lowest BCUT2D eigenvalue weighted by atomic mass is 9.99. The summed E-state index contributed by atoms with van der Waals surface area (Å²) in [5.41, 5.74) is 3.32. The van der Waals surface area contributed by atoms with Gasteiger partial charge in [0.15, 0.2) is 0 Å². The topological polar surface area (TPSA) is 82.0 Å². The summed E-state index contributed by atoms with van der Waals surface area (Å²) >= 11 is 6.32. The summed E-state index contributed by atoms with van der Waals surface area (Å²) in [5.74, 6) is -1.16. The van der Waals surface area contributed by atoms with E-state index < -0.39 is 12.0 Å². The van der Waals surface area contributed by atoms with Crippen LogP contribution in [0, 0.1) is 0 Å². The van der Waals surface area contributed by atoms with Crippen LogP contribution in [0.2, 0.25) is 5.02 Å². The summed E-state index contributed by atoms with van der Waals surface area (Å²) in [7, 11) is 0. The molecule has 6 nitrogen and oxygen atoms in total. The van der Waals surface area contributed by atoms with E-state index in [9.17, 15) is 14.7 Å². The SMILES string of the molecule is CC(N=C(c1ccccc1)c1cc(Cl)ccc1NC(=O)C1CCCN1c1ccccc1)C(=O)O. The molecule has 174 valence electrons. The number of hydrogen-bond acceptors (Lipinski definition) is 4. The van der Waals surface area contributed by atoms with Gasteiger partial charge in [-0.25, -0.2) is 4.79 Å². The Morgan fingerprint density at radius 2 is 1.74 bits per heavy atom. The predicted octanol–water partition coefficient (Wildman–Crippen LogP) is 5.26. The third kappa shape index (κ3) is 5.29. The second kappa shape index (κ2) is 10.5. The maximum Gasteiger partial charge on any atom is 0.328 e. The number of aliphatic carboxylic acids is 1. The van der Waals surface area contributed by atoms with Crippen molar-refractivity contribution in [2.24, 2.45) is 4.99 Å². The summed E-state index contributed by atoms with van der Waals surface area (Å²) in [4.78, 5) is 31.6. The predicted molar refractivity (Wildman–Crippen MR) is 136 cm³/mol. The van der Waals surface area contributed by atoms with Crippen LogP contribution in [-0.4, -0.2) is 41.3 Å². The minimum atomic E-state index is -1.04. The van der Waals surface area contributed by atoms with Crippen LogP contribution in [0.5, 0.6) is 0 Å². The van der Waals surface area contributed by atoms with Crippen molar-refractivity contribution >= 4 is 40.6 Å². The van der Waals surface area contributed by atoms with Gasteiger partial charge in [-0.1, -0.05) is 60.1 Å². The van der Waals surface area contributed by atoms with Crippen molar-refractivity contribution in [3.05, 3.63) is 95.0 Å². The van der Waals surface area contributed by atoms with Crippen LogP contribution in [0.3, 0.4) is 0 Å². The molecule has 1 fully saturated rings. The minimum absolute atomic E-state index is 0.122. The highest BCUT2D eigenvalue weighted by Gasteiger charge is 2.31. The number of halogens is 1. The Kier molecular flexibility index (Phi) is 7.28. The zero-order chi connectivity index (χ0) is 24.1. The fourth-order valence-electron chi connectivity index (χ4n) is 4.15. The molecule has 0 aliphatic carbocycles. The number of benzene rings is 3. The van der Waals surface area contributed by atoms with Gasteiger partial charge in [0.25, 0.3) is 0 Å². The fourth-order valence-corrected chi connectivity index (χ4v) is 4.32. The molecule has 3 aromatic carbocycles. The van der Waals surface area contributed by atoms with E-state index in [4.69, 9.17) is 11.6 Å². The van der Waals surface area contributed by atoms with Crippen molar-refractivity contribution in [3.8, 4) is 0 Å². The first-order valence-electron chi connectivity index (χ1n) is 11.2. The summed E-state index contributed by atoms with van der Waals surface area (Å²) in [6, 6.07) is 23.1. The number of carboxylic acid groups (broad SMARTS) is 1. The smallest absolute Gasteiger partial charge is 0.328 e. The number of nitrogens with zero attached hydrogens (tertiary/aromatic N) is 2.